The second kappa shape index (κ2) is 6.89. The monoisotopic (exact) mass is 374 g/mol. The van der Waals surface area contributed by atoms with Crippen LogP contribution in [-0.2, 0) is 9.84 Å². The number of hydrogen-bond acceptors (Lipinski definition) is 7. The Bertz CT molecular complexity index is 954. The van der Waals surface area contributed by atoms with Gasteiger partial charge in [-0.2, -0.15) is 0 Å². The molecule has 0 fully saturated rings. The van der Waals surface area contributed by atoms with Gasteiger partial charge in [-0.15, -0.1) is 10.2 Å². The molecule has 0 aliphatic rings. The summed E-state index contributed by atoms with van der Waals surface area (Å²) in [7, 11) is -1.24. The molecule has 0 N–H and O–H groups in total. The summed E-state index contributed by atoms with van der Waals surface area (Å²) >= 11 is 1.47. The maximum absolute atomic E-state index is 11.6. The molecule has 0 saturated carbocycles. The Kier molecular flexibility index (Phi) is 4.82. The van der Waals surface area contributed by atoms with Gasteiger partial charge in [-0.3, -0.25) is 4.98 Å². The minimum atomic E-state index is -3.19. The van der Waals surface area contributed by atoms with Crippen LogP contribution in [0.15, 0.2) is 53.6 Å². The molecule has 6 nitrogen and oxygen atoms in total. The fourth-order valence-corrected chi connectivity index (χ4v) is 3.83. The van der Waals surface area contributed by atoms with Crippen LogP contribution in [0, 0.1) is 0 Å². The average molecular weight is 374 g/mol. The van der Waals surface area contributed by atoms with Gasteiger partial charge in [0.2, 0.25) is 5.13 Å². The summed E-state index contributed by atoms with van der Waals surface area (Å²) in [6.45, 7) is 2.04. The lowest BCUT2D eigenvalue weighted by molar-refractivity contribution is 0.601. The van der Waals surface area contributed by atoms with Crippen LogP contribution < -0.4 is 4.90 Å². The van der Waals surface area contributed by atoms with E-state index in [4.69, 9.17) is 0 Å². The fraction of sp³-hybridized carbons (Fsp3) is 0.235. The van der Waals surface area contributed by atoms with Crippen LogP contribution in [0.25, 0.3) is 10.7 Å². The summed E-state index contributed by atoms with van der Waals surface area (Å²) in [5.74, 6) is 0. The molecule has 1 aromatic carbocycles. The lowest BCUT2D eigenvalue weighted by atomic mass is 10.1. The first-order valence-corrected chi connectivity index (χ1v) is 10.3. The number of sulfone groups is 1. The van der Waals surface area contributed by atoms with Crippen molar-refractivity contribution >= 4 is 26.3 Å². The van der Waals surface area contributed by atoms with Gasteiger partial charge in [0.15, 0.2) is 14.8 Å². The van der Waals surface area contributed by atoms with Crippen molar-refractivity contribution in [2.45, 2.75) is 17.9 Å². The first-order valence-electron chi connectivity index (χ1n) is 7.64. The highest BCUT2D eigenvalue weighted by molar-refractivity contribution is 7.90. The molecule has 0 aliphatic heterocycles. The normalized spacial score (nSPS) is 12.8. The SMILES string of the molecule is CC(c1ccc(S(C)(=O)=O)cc1)N(C)c1nnc(-c2ccccn2)s1. The molecule has 2 heterocycles. The molecule has 25 heavy (non-hydrogen) atoms. The second-order valence-electron chi connectivity index (χ2n) is 5.73. The molecule has 0 aliphatic carbocycles. The van der Waals surface area contributed by atoms with Crippen molar-refractivity contribution in [2.24, 2.45) is 0 Å². The summed E-state index contributed by atoms with van der Waals surface area (Å²) in [5, 5.41) is 10.0. The number of anilines is 1. The highest BCUT2D eigenvalue weighted by Gasteiger charge is 2.18. The van der Waals surface area contributed by atoms with Gasteiger partial charge < -0.3 is 4.90 Å². The van der Waals surface area contributed by atoms with Crippen molar-refractivity contribution < 1.29 is 8.42 Å². The van der Waals surface area contributed by atoms with E-state index in [0.717, 1.165) is 21.4 Å². The van der Waals surface area contributed by atoms with Crippen LogP contribution in [0.3, 0.4) is 0 Å². The van der Waals surface area contributed by atoms with Crippen LogP contribution in [-0.4, -0.2) is 36.9 Å². The third-order valence-corrected chi connectivity index (χ3v) is 6.14. The van der Waals surface area contributed by atoms with Gasteiger partial charge in [0.25, 0.3) is 0 Å². The number of rotatable bonds is 5. The molecule has 0 spiro atoms. The third-order valence-electron chi connectivity index (χ3n) is 3.97. The van der Waals surface area contributed by atoms with E-state index in [1.165, 1.54) is 17.6 Å². The van der Waals surface area contributed by atoms with Gasteiger partial charge in [-0.1, -0.05) is 29.5 Å². The lowest BCUT2D eigenvalue weighted by Gasteiger charge is -2.24. The van der Waals surface area contributed by atoms with Crippen LogP contribution in [0.5, 0.6) is 0 Å². The van der Waals surface area contributed by atoms with Crippen LogP contribution >= 0.6 is 11.3 Å². The first-order chi connectivity index (χ1) is 11.9. The van der Waals surface area contributed by atoms with E-state index >= 15 is 0 Å². The van der Waals surface area contributed by atoms with Crippen molar-refractivity contribution in [3.05, 3.63) is 54.2 Å². The predicted molar refractivity (Wildman–Crippen MR) is 99.5 cm³/mol. The third kappa shape index (κ3) is 3.85. The number of hydrogen-bond donors (Lipinski definition) is 0. The molecule has 1 unspecified atom stereocenters. The minimum Gasteiger partial charge on any atom is -0.343 e. The zero-order valence-electron chi connectivity index (χ0n) is 14.1. The number of pyridine rings is 1. The molecule has 2 aromatic heterocycles. The molecule has 3 aromatic rings. The zero-order valence-corrected chi connectivity index (χ0v) is 15.8. The van der Waals surface area contributed by atoms with Gasteiger partial charge in [-0.25, -0.2) is 8.42 Å². The maximum atomic E-state index is 11.6. The van der Waals surface area contributed by atoms with Crippen LogP contribution in [0.4, 0.5) is 5.13 Å². The molecule has 0 amide bonds. The largest absolute Gasteiger partial charge is 0.343 e. The number of aromatic nitrogens is 3. The highest BCUT2D eigenvalue weighted by Crippen LogP contribution is 2.31. The van der Waals surface area contributed by atoms with Gasteiger partial charge in [0, 0.05) is 19.5 Å². The first kappa shape index (κ1) is 17.5. The van der Waals surface area contributed by atoms with E-state index in [-0.39, 0.29) is 6.04 Å². The molecule has 1 atom stereocenters. The molecular weight excluding hydrogens is 356 g/mol. The zero-order chi connectivity index (χ0) is 18.0. The van der Waals surface area contributed by atoms with E-state index < -0.39 is 9.84 Å². The van der Waals surface area contributed by atoms with Crippen molar-refractivity contribution in [1.29, 1.82) is 0 Å². The quantitative estimate of drug-likeness (QED) is 0.683. The standard InChI is InChI=1S/C17H18N4O2S2/c1-12(13-7-9-14(10-8-13)25(3,22)23)21(2)17-20-19-16(24-17)15-6-4-5-11-18-15/h4-12H,1-3H3. The molecule has 3 rings (SSSR count). The van der Waals surface area contributed by atoms with E-state index in [1.807, 2.05) is 49.2 Å². The van der Waals surface area contributed by atoms with E-state index in [0.29, 0.717) is 4.90 Å². The van der Waals surface area contributed by atoms with Gasteiger partial charge in [0.05, 0.1) is 10.9 Å². The summed E-state index contributed by atoms with van der Waals surface area (Å²) in [4.78, 5) is 6.62. The Morgan fingerprint density at radius 3 is 2.40 bits per heavy atom. The smallest absolute Gasteiger partial charge is 0.208 e. The number of benzene rings is 1. The number of nitrogens with zero attached hydrogens (tertiary/aromatic N) is 4. The summed E-state index contributed by atoms with van der Waals surface area (Å²) < 4.78 is 23.1. The molecule has 0 radical (unpaired) electrons. The molecule has 0 saturated heterocycles. The van der Waals surface area contributed by atoms with Crippen LogP contribution in [0.1, 0.15) is 18.5 Å². The Morgan fingerprint density at radius 2 is 1.80 bits per heavy atom. The molecule has 8 heteroatoms. The van der Waals surface area contributed by atoms with Crippen molar-refractivity contribution in [1.82, 2.24) is 15.2 Å². The molecule has 130 valence electrons. The summed E-state index contributed by atoms with van der Waals surface area (Å²) in [5.41, 5.74) is 1.80. The van der Waals surface area contributed by atoms with Crippen LogP contribution in [0.2, 0.25) is 0 Å². The van der Waals surface area contributed by atoms with Crippen molar-refractivity contribution in [2.75, 3.05) is 18.2 Å². The summed E-state index contributed by atoms with van der Waals surface area (Å²) in [6, 6.07) is 12.6. The molecule has 0 bridgehead atoms. The Labute approximate surface area is 151 Å². The van der Waals surface area contributed by atoms with E-state index in [9.17, 15) is 8.42 Å². The Balaban J connectivity index is 1.81. The van der Waals surface area contributed by atoms with E-state index in [2.05, 4.69) is 15.2 Å². The van der Waals surface area contributed by atoms with E-state index in [1.54, 1.807) is 18.3 Å². The summed E-state index contributed by atoms with van der Waals surface area (Å²) in [6.07, 6.45) is 2.93. The van der Waals surface area contributed by atoms with Crippen molar-refractivity contribution in [3.63, 3.8) is 0 Å². The lowest BCUT2D eigenvalue weighted by Crippen LogP contribution is -2.21. The van der Waals surface area contributed by atoms with Gasteiger partial charge in [-0.05, 0) is 36.8 Å². The van der Waals surface area contributed by atoms with Crippen molar-refractivity contribution in [3.8, 4) is 10.7 Å². The van der Waals surface area contributed by atoms with Gasteiger partial charge in [0.1, 0.15) is 5.69 Å². The second-order valence-corrected chi connectivity index (χ2v) is 8.70. The predicted octanol–water partition coefficient (Wildman–Crippen LogP) is 3.20. The fourth-order valence-electron chi connectivity index (χ4n) is 2.33. The minimum absolute atomic E-state index is 0.0261. The Hall–Kier alpha value is -2.32. The van der Waals surface area contributed by atoms with Gasteiger partial charge >= 0.3 is 0 Å². The molecular formula is C17H18N4O2S2. The highest BCUT2D eigenvalue weighted by atomic mass is 32.2. The topological polar surface area (TPSA) is 76.1 Å². The Morgan fingerprint density at radius 1 is 1.08 bits per heavy atom. The maximum Gasteiger partial charge on any atom is 0.208 e. The average Bonchev–Trinajstić information content (AvgIpc) is 3.11.